The number of nitrogens with one attached hydrogen (secondary N) is 1. The van der Waals surface area contributed by atoms with Crippen LogP contribution < -0.4 is 5.32 Å². The van der Waals surface area contributed by atoms with E-state index < -0.39 is 23.7 Å². The largest absolute Gasteiger partial charge is 0.480 e. The lowest BCUT2D eigenvalue weighted by atomic mass is 10.1. The molecule has 1 aliphatic rings. The minimum absolute atomic E-state index is 0.146. The third-order valence-electron chi connectivity index (χ3n) is 4.69. The third kappa shape index (κ3) is 3.85. The van der Waals surface area contributed by atoms with Gasteiger partial charge in [-0.05, 0) is 43.9 Å². The number of ether oxygens (including phenoxy) is 1. The number of methoxy groups -OCH3 is 1. The second kappa shape index (κ2) is 7.87. The highest BCUT2D eigenvalue weighted by Crippen LogP contribution is 2.29. The molecular formula is C19H22FN3O4. The first kappa shape index (κ1) is 19.0. The summed E-state index contributed by atoms with van der Waals surface area (Å²) in [5.41, 5.74) is 2.79. The van der Waals surface area contributed by atoms with Crippen molar-refractivity contribution < 1.29 is 23.8 Å². The van der Waals surface area contributed by atoms with Crippen molar-refractivity contribution in [2.45, 2.75) is 38.6 Å². The Morgan fingerprint density at radius 2 is 2.19 bits per heavy atom. The first-order valence-corrected chi connectivity index (χ1v) is 8.82. The van der Waals surface area contributed by atoms with Gasteiger partial charge in [0, 0.05) is 31.4 Å². The molecule has 7 nitrogen and oxygen atoms in total. The van der Waals surface area contributed by atoms with Crippen molar-refractivity contribution >= 4 is 11.9 Å². The number of carbonyl (C=O) groups is 2. The first-order valence-electron chi connectivity index (χ1n) is 8.82. The average Bonchev–Trinajstić information content (AvgIpc) is 3.21. The molecule has 0 radical (unpaired) electrons. The molecule has 0 fully saturated rings. The van der Waals surface area contributed by atoms with Gasteiger partial charge in [-0.3, -0.25) is 4.79 Å². The zero-order chi connectivity index (χ0) is 19.6. The Balaban J connectivity index is 1.93. The lowest BCUT2D eigenvalue weighted by molar-refractivity contribution is -0.139. The lowest BCUT2D eigenvalue weighted by Crippen LogP contribution is -2.42. The van der Waals surface area contributed by atoms with E-state index in [-0.39, 0.29) is 24.4 Å². The molecule has 1 heterocycles. The molecule has 1 aliphatic carbocycles. The molecular weight excluding hydrogens is 353 g/mol. The van der Waals surface area contributed by atoms with E-state index in [1.807, 2.05) is 0 Å². The number of aromatic nitrogens is 2. The smallest absolute Gasteiger partial charge is 0.326 e. The molecule has 2 aromatic rings. The number of hydrogen-bond donors (Lipinski definition) is 2. The molecule has 3 rings (SSSR count). The van der Waals surface area contributed by atoms with Crippen LogP contribution in [0.5, 0.6) is 0 Å². The zero-order valence-electron chi connectivity index (χ0n) is 15.3. The molecule has 1 unspecified atom stereocenters. The van der Waals surface area contributed by atoms with E-state index in [4.69, 9.17) is 4.74 Å². The van der Waals surface area contributed by atoms with Gasteiger partial charge in [0.25, 0.3) is 5.91 Å². The number of fused-ring (bicyclic) bond motifs is 1. The van der Waals surface area contributed by atoms with Crippen LogP contribution in [0.25, 0.3) is 5.69 Å². The number of hydrogen-bond acceptors (Lipinski definition) is 4. The van der Waals surface area contributed by atoms with Crippen LogP contribution in [0, 0.1) is 12.7 Å². The predicted octanol–water partition coefficient (Wildman–Crippen LogP) is 2.03. The van der Waals surface area contributed by atoms with Gasteiger partial charge in [0.1, 0.15) is 17.5 Å². The Morgan fingerprint density at radius 3 is 2.85 bits per heavy atom. The van der Waals surface area contributed by atoms with Gasteiger partial charge in [0.15, 0.2) is 5.69 Å². The number of aryl methyl sites for hydroxylation is 1. The van der Waals surface area contributed by atoms with Gasteiger partial charge >= 0.3 is 5.97 Å². The standard InChI is InChI=1S/C19H22FN3O4/c1-11-6-7-16(13(20)10-11)23-15-5-3-4-12(15)17(22-23)18(24)21-14(19(25)26)8-9-27-2/h6-7,10,14H,3-5,8-9H2,1-2H3,(H,21,24)(H,25,26). The maximum Gasteiger partial charge on any atom is 0.326 e. The third-order valence-corrected chi connectivity index (χ3v) is 4.69. The molecule has 0 spiro atoms. The topological polar surface area (TPSA) is 93.5 Å². The van der Waals surface area contributed by atoms with Crippen LogP contribution in [-0.2, 0) is 22.4 Å². The van der Waals surface area contributed by atoms with Gasteiger partial charge < -0.3 is 15.2 Å². The summed E-state index contributed by atoms with van der Waals surface area (Å²) in [5, 5.41) is 16.1. The quantitative estimate of drug-likeness (QED) is 0.772. The van der Waals surface area contributed by atoms with E-state index in [2.05, 4.69) is 10.4 Å². The Bertz CT molecular complexity index is 878. The monoisotopic (exact) mass is 375 g/mol. The second-order valence-electron chi connectivity index (χ2n) is 6.64. The second-order valence-corrected chi connectivity index (χ2v) is 6.64. The maximum absolute atomic E-state index is 14.4. The zero-order valence-corrected chi connectivity index (χ0v) is 15.3. The SMILES string of the molecule is COCCC(NC(=O)c1nn(-c2ccc(C)cc2F)c2c1CCC2)C(=O)O. The predicted molar refractivity (Wildman–Crippen MR) is 95.7 cm³/mol. The van der Waals surface area contributed by atoms with E-state index in [1.54, 1.807) is 19.1 Å². The Kier molecular flexibility index (Phi) is 5.55. The van der Waals surface area contributed by atoms with Crippen LogP contribution in [0.4, 0.5) is 4.39 Å². The van der Waals surface area contributed by atoms with Crippen LogP contribution in [0.15, 0.2) is 18.2 Å². The fraction of sp³-hybridized carbons (Fsp3) is 0.421. The van der Waals surface area contributed by atoms with Gasteiger partial charge in [-0.15, -0.1) is 0 Å². The van der Waals surface area contributed by atoms with Crippen LogP contribution in [0.2, 0.25) is 0 Å². The van der Waals surface area contributed by atoms with Crippen molar-refractivity contribution in [3.63, 3.8) is 0 Å². The highest BCUT2D eigenvalue weighted by molar-refractivity contribution is 5.96. The number of rotatable bonds is 7. The molecule has 0 bridgehead atoms. The summed E-state index contributed by atoms with van der Waals surface area (Å²) in [6.07, 6.45) is 2.33. The number of carboxylic acid groups (broad SMARTS) is 1. The van der Waals surface area contributed by atoms with Crippen molar-refractivity contribution in [3.8, 4) is 5.69 Å². The maximum atomic E-state index is 14.4. The fourth-order valence-corrected chi connectivity index (χ4v) is 3.32. The molecule has 0 saturated heterocycles. The van der Waals surface area contributed by atoms with E-state index in [1.165, 1.54) is 17.9 Å². The summed E-state index contributed by atoms with van der Waals surface area (Å²) in [4.78, 5) is 24.0. The summed E-state index contributed by atoms with van der Waals surface area (Å²) in [6, 6.07) is 3.77. The normalized spacial score (nSPS) is 14.0. The summed E-state index contributed by atoms with van der Waals surface area (Å²) in [6.45, 7) is 2.00. The average molecular weight is 375 g/mol. The number of nitrogens with zero attached hydrogens (tertiary/aromatic N) is 2. The summed E-state index contributed by atoms with van der Waals surface area (Å²) < 4.78 is 20.8. The summed E-state index contributed by atoms with van der Waals surface area (Å²) in [7, 11) is 1.46. The van der Waals surface area contributed by atoms with Gasteiger partial charge in [-0.2, -0.15) is 5.10 Å². The number of benzene rings is 1. The molecule has 1 amide bonds. The Morgan fingerprint density at radius 1 is 1.41 bits per heavy atom. The van der Waals surface area contributed by atoms with E-state index in [9.17, 15) is 19.1 Å². The lowest BCUT2D eigenvalue weighted by Gasteiger charge is -2.13. The molecule has 0 aliphatic heterocycles. The minimum Gasteiger partial charge on any atom is -0.480 e. The Hall–Kier alpha value is -2.74. The highest BCUT2D eigenvalue weighted by Gasteiger charge is 2.30. The number of aliphatic carboxylic acids is 1. The first-order chi connectivity index (χ1) is 12.9. The van der Waals surface area contributed by atoms with Gasteiger partial charge in [0.2, 0.25) is 0 Å². The van der Waals surface area contributed by atoms with Crippen LogP contribution in [0.1, 0.15) is 40.2 Å². The summed E-state index contributed by atoms with van der Waals surface area (Å²) in [5.74, 6) is -2.12. The molecule has 0 saturated carbocycles. The van der Waals surface area contributed by atoms with Crippen molar-refractivity contribution in [2.75, 3.05) is 13.7 Å². The number of amides is 1. The molecule has 1 aromatic heterocycles. The van der Waals surface area contributed by atoms with E-state index >= 15 is 0 Å². The van der Waals surface area contributed by atoms with Crippen LogP contribution in [-0.4, -0.2) is 46.5 Å². The van der Waals surface area contributed by atoms with E-state index in [0.717, 1.165) is 23.2 Å². The van der Waals surface area contributed by atoms with Crippen molar-refractivity contribution in [3.05, 3.63) is 46.5 Å². The molecule has 144 valence electrons. The van der Waals surface area contributed by atoms with E-state index in [0.29, 0.717) is 12.8 Å². The van der Waals surface area contributed by atoms with Crippen LogP contribution in [0.3, 0.4) is 0 Å². The number of carbonyl (C=O) groups excluding carboxylic acids is 1. The number of halogens is 1. The van der Waals surface area contributed by atoms with Crippen molar-refractivity contribution in [2.24, 2.45) is 0 Å². The van der Waals surface area contributed by atoms with Gasteiger partial charge in [0.05, 0.1) is 0 Å². The highest BCUT2D eigenvalue weighted by atomic mass is 19.1. The van der Waals surface area contributed by atoms with Crippen molar-refractivity contribution in [1.82, 2.24) is 15.1 Å². The van der Waals surface area contributed by atoms with Gasteiger partial charge in [-0.25, -0.2) is 13.9 Å². The number of carboxylic acids is 1. The molecule has 2 N–H and O–H groups in total. The summed E-state index contributed by atoms with van der Waals surface area (Å²) >= 11 is 0. The van der Waals surface area contributed by atoms with Crippen LogP contribution >= 0.6 is 0 Å². The van der Waals surface area contributed by atoms with Gasteiger partial charge in [-0.1, -0.05) is 6.07 Å². The molecule has 8 heteroatoms. The Labute approximate surface area is 156 Å². The van der Waals surface area contributed by atoms with Crippen molar-refractivity contribution in [1.29, 1.82) is 0 Å². The minimum atomic E-state index is -1.14. The molecule has 27 heavy (non-hydrogen) atoms. The molecule has 1 aromatic carbocycles. The molecule has 1 atom stereocenters. The fourth-order valence-electron chi connectivity index (χ4n) is 3.32.